The second-order valence-corrected chi connectivity index (χ2v) is 4.75. The van der Waals surface area contributed by atoms with Gasteiger partial charge in [-0.25, -0.2) is 0 Å². The van der Waals surface area contributed by atoms with E-state index in [2.05, 4.69) is 25.3 Å². The lowest BCUT2D eigenvalue weighted by Crippen LogP contribution is -2.17. The van der Waals surface area contributed by atoms with Crippen LogP contribution in [0.2, 0.25) is 0 Å². The molecule has 0 aliphatic carbocycles. The number of rotatable bonds is 8. The van der Waals surface area contributed by atoms with Crippen molar-refractivity contribution in [3.63, 3.8) is 0 Å². The van der Waals surface area contributed by atoms with E-state index in [0.717, 1.165) is 6.42 Å². The lowest BCUT2D eigenvalue weighted by Gasteiger charge is -2.03. The van der Waals surface area contributed by atoms with Crippen LogP contribution in [0.1, 0.15) is 46.0 Å². The first-order chi connectivity index (χ1) is 8.23. The maximum absolute atomic E-state index is 5.55. The van der Waals surface area contributed by atoms with Crippen molar-refractivity contribution in [2.75, 3.05) is 13.2 Å². The van der Waals surface area contributed by atoms with Crippen LogP contribution in [-0.4, -0.2) is 24.9 Å². The number of unbranched alkanes of at least 4 members (excludes halogenated alkanes) is 4. The van der Waals surface area contributed by atoms with Crippen LogP contribution in [0.3, 0.4) is 0 Å². The molecule has 17 heavy (non-hydrogen) atoms. The van der Waals surface area contributed by atoms with Crippen molar-refractivity contribution in [3.05, 3.63) is 12.7 Å². The number of ether oxygens (including phenoxy) is 2. The fraction of sp³-hybridized carbons (Fsp3) is 0.733. The molecule has 0 aromatic heterocycles. The Labute approximate surface area is 105 Å². The molecular formula is C15H24O2. The maximum atomic E-state index is 5.55. The molecule has 1 aliphatic rings. The van der Waals surface area contributed by atoms with Gasteiger partial charge in [-0.2, -0.15) is 0 Å². The summed E-state index contributed by atoms with van der Waals surface area (Å²) in [7, 11) is 0. The Morgan fingerprint density at radius 2 is 2.24 bits per heavy atom. The van der Waals surface area contributed by atoms with Gasteiger partial charge in [0.05, 0.1) is 13.2 Å². The first kappa shape index (κ1) is 14.3. The quantitative estimate of drug-likeness (QED) is 0.279. The third-order valence-electron chi connectivity index (χ3n) is 2.90. The summed E-state index contributed by atoms with van der Waals surface area (Å²) < 4.78 is 10.9. The third-order valence-corrected chi connectivity index (χ3v) is 2.90. The fourth-order valence-electron chi connectivity index (χ4n) is 1.68. The molecule has 2 atom stereocenters. The van der Waals surface area contributed by atoms with Crippen molar-refractivity contribution in [2.24, 2.45) is 0 Å². The molecule has 2 heteroatoms. The minimum absolute atomic E-state index is 0.0680. The normalized spacial score (nSPS) is 26.1. The minimum atomic E-state index is -0.181. The number of epoxide rings is 1. The Balaban J connectivity index is 2.09. The van der Waals surface area contributed by atoms with Crippen LogP contribution >= 0.6 is 0 Å². The summed E-state index contributed by atoms with van der Waals surface area (Å²) in [5, 5.41) is 0. The molecule has 0 radical (unpaired) electrons. The zero-order chi connectivity index (χ0) is 12.6. The minimum Gasteiger partial charge on any atom is -0.374 e. The second-order valence-electron chi connectivity index (χ2n) is 4.75. The summed E-state index contributed by atoms with van der Waals surface area (Å²) in [6, 6.07) is 0. The summed E-state index contributed by atoms with van der Waals surface area (Å²) in [6.45, 7) is 9.06. The van der Waals surface area contributed by atoms with Gasteiger partial charge in [0, 0.05) is 6.42 Å². The van der Waals surface area contributed by atoms with Gasteiger partial charge in [0.15, 0.2) is 0 Å². The van der Waals surface area contributed by atoms with E-state index in [9.17, 15) is 0 Å². The van der Waals surface area contributed by atoms with E-state index in [4.69, 9.17) is 9.47 Å². The standard InChI is InChI=1S/C15H24O2/c1-4-6-7-8-9-10-11-14-15(3,17-14)13-16-12-5-2/h5,14H,2,4,6-9,12-13H2,1,3H3/t14-,15-/m0/s1. The van der Waals surface area contributed by atoms with E-state index in [1.54, 1.807) is 6.08 Å². The molecule has 0 spiro atoms. The highest BCUT2D eigenvalue weighted by molar-refractivity contribution is 5.20. The molecule has 0 unspecified atom stereocenters. The average molecular weight is 236 g/mol. The summed E-state index contributed by atoms with van der Waals surface area (Å²) in [4.78, 5) is 0. The van der Waals surface area contributed by atoms with Gasteiger partial charge in [-0.3, -0.25) is 0 Å². The summed E-state index contributed by atoms with van der Waals surface area (Å²) in [5.74, 6) is 6.37. The largest absolute Gasteiger partial charge is 0.374 e. The van der Waals surface area contributed by atoms with Crippen LogP contribution in [0.25, 0.3) is 0 Å². The van der Waals surface area contributed by atoms with Crippen molar-refractivity contribution in [3.8, 4) is 11.8 Å². The summed E-state index contributed by atoms with van der Waals surface area (Å²) in [6.07, 6.45) is 7.89. The fourth-order valence-corrected chi connectivity index (χ4v) is 1.68. The van der Waals surface area contributed by atoms with Gasteiger partial charge in [-0.15, -0.1) is 12.5 Å². The highest BCUT2D eigenvalue weighted by Crippen LogP contribution is 2.35. The van der Waals surface area contributed by atoms with Crippen LogP contribution in [0, 0.1) is 11.8 Å². The molecule has 1 rings (SSSR count). The molecule has 0 aromatic rings. The topological polar surface area (TPSA) is 21.8 Å². The van der Waals surface area contributed by atoms with E-state index in [1.807, 2.05) is 6.92 Å². The monoisotopic (exact) mass is 236 g/mol. The smallest absolute Gasteiger partial charge is 0.150 e. The van der Waals surface area contributed by atoms with Crippen molar-refractivity contribution in [1.29, 1.82) is 0 Å². The van der Waals surface area contributed by atoms with E-state index >= 15 is 0 Å². The van der Waals surface area contributed by atoms with Crippen LogP contribution < -0.4 is 0 Å². The first-order valence-electron chi connectivity index (χ1n) is 6.58. The van der Waals surface area contributed by atoms with Crippen LogP contribution in [-0.2, 0) is 9.47 Å². The van der Waals surface area contributed by atoms with Crippen LogP contribution in [0.4, 0.5) is 0 Å². The summed E-state index contributed by atoms with van der Waals surface area (Å²) in [5.41, 5.74) is -0.181. The Hall–Kier alpha value is -0.780. The third kappa shape index (κ3) is 5.39. The van der Waals surface area contributed by atoms with E-state index in [-0.39, 0.29) is 11.7 Å². The van der Waals surface area contributed by atoms with Crippen molar-refractivity contribution >= 4 is 0 Å². The summed E-state index contributed by atoms with van der Waals surface area (Å²) >= 11 is 0. The first-order valence-corrected chi connectivity index (χ1v) is 6.58. The molecule has 0 saturated carbocycles. The van der Waals surface area contributed by atoms with Gasteiger partial charge in [0.25, 0.3) is 0 Å². The molecule has 1 saturated heterocycles. The highest BCUT2D eigenvalue weighted by atomic mass is 16.6. The van der Waals surface area contributed by atoms with E-state index in [0.29, 0.717) is 13.2 Å². The number of hydrogen-bond donors (Lipinski definition) is 0. The lowest BCUT2D eigenvalue weighted by molar-refractivity contribution is 0.105. The molecule has 2 nitrogen and oxygen atoms in total. The van der Waals surface area contributed by atoms with E-state index < -0.39 is 0 Å². The Morgan fingerprint density at radius 1 is 1.41 bits per heavy atom. The zero-order valence-electron chi connectivity index (χ0n) is 11.1. The second kappa shape index (κ2) is 7.53. The van der Waals surface area contributed by atoms with Gasteiger partial charge in [-0.05, 0) is 13.3 Å². The molecule has 0 N–H and O–H groups in total. The van der Waals surface area contributed by atoms with Crippen molar-refractivity contribution < 1.29 is 9.47 Å². The van der Waals surface area contributed by atoms with Gasteiger partial charge >= 0.3 is 0 Å². The zero-order valence-corrected chi connectivity index (χ0v) is 11.1. The van der Waals surface area contributed by atoms with E-state index in [1.165, 1.54) is 25.7 Å². The molecule has 0 amide bonds. The lowest BCUT2D eigenvalue weighted by atomic mass is 10.1. The SMILES string of the molecule is C=CCOC[C@]1(C)O[C@H]1C#CCCCCCC. The predicted octanol–water partition coefficient (Wildman–Crippen LogP) is 3.32. The van der Waals surface area contributed by atoms with Crippen LogP contribution in [0.5, 0.6) is 0 Å². The molecule has 1 aliphatic heterocycles. The molecule has 96 valence electrons. The van der Waals surface area contributed by atoms with Crippen molar-refractivity contribution in [2.45, 2.75) is 57.7 Å². The Kier molecular flexibility index (Phi) is 6.32. The average Bonchev–Trinajstić information content (AvgIpc) is 2.95. The molecule has 0 bridgehead atoms. The Bertz CT molecular complexity index is 287. The number of hydrogen-bond acceptors (Lipinski definition) is 2. The van der Waals surface area contributed by atoms with Gasteiger partial charge in [0.2, 0.25) is 0 Å². The Morgan fingerprint density at radius 3 is 2.94 bits per heavy atom. The molecule has 0 aromatic carbocycles. The van der Waals surface area contributed by atoms with Gasteiger partial charge < -0.3 is 9.47 Å². The predicted molar refractivity (Wildman–Crippen MR) is 70.8 cm³/mol. The van der Waals surface area contributed by atoms with Gasteiger partial charge in [0.1, 0.15) is 11.7 Å². The molecule has 1 heterocycles. The van der Waals surface area contributed by atoms with Crippen LogP contribution in [0.15, 0.2) is 12.7 Å². The maximum Gasteiger partial charge on any atom is 0.150 e. The van der Waals surface area contributed by atoms with Gasteiger partial charge in [-0.1, -0.05) is 38.2 Å². The van der Waals surface area contributed by atoms with Crippen molar-refractivity contribution in [1.82, 2.24) is 0 Å². The molecule has 1 fully saturated rings. The molecular weight excluding hydrogens is 212 g/mol. The highest BCUT2D eigenvalue weighted by Gasteiger charge is 2.51.